The summed E-state index contributed by atoms with van der Waals surface area (Å²) in [5.41, 5.74) is 1.29. The van der Waals surface area contributed by atoms with Crippen LogP contribution in [-0.2, 0) is 0 Å². The fraction of sp³-hybridized carbons (Fsp3) is 0.650. The largest absolute Gasteiger partial charge is 0.331 e. The van der Waals surface area contributed by atoms with Crippen molar-refractivity contribution in [1.82, 2.24) is 20.0 Å². The van der Waals surface area contributed by atoms with E-state index in [4.69, 9.17) is 0 Å². The molecule has 1 aromatic rings. The van der Waals surface area contributed by atoms with Crippen molar-refractivity contribution in [3.63, 3.8) is 0 Å². The molecule has 2 amide bonds. The first-order valence-corrected chi connectivity index (χ1v) is 9.50. The van der Waals surface area contributed by atoms with Crippen LogP contribution in [0.2, 0.25) is 0 Å². The highest BCUT2D eigenvalue weighted by Gasteiger charge is 2.41. The van der Waals surface area contributed by atoms with Crippen molar-refractivity contribution in [3.8, 4) is 0 Å². The molecule has 0 aliphatic carbocycles. The molecule has 1 aromatic carbocycles. The van der Waals surface area contributed by atoms with Crippen LogP contribution < -0.4 is 5.32 Å². The molecule has 138 valence electrons. The highest BCUT2D eigenvalue weighted by atomic mass is 16.2. The lowest BCUT2D eigenvalue weighted by Crippen LogP contribution is -2.59. The molecule has 2 heterocycles. The number of nitrogens with one attached hydrogen (secondary N) is 1. The number of urea groups is 1. The quantitative estimate of drug-likeness (QED) is 0.896. The zero-order valence-electron chi connectivity index (χ0n) is 15.9. The third-order valence-electron chi connectivity index (χ3n) is 6.06. The van der Waals surface area contributed by atoms with Gasteiger partial charge in [-0.15, -0.1) is 0 Å². The van der Waals surface area contributed by atoms with E-state index >= 15 is 0 Å². The predicted octanol–water partition coefficient (Wildman–Crippen LogP) is 2.56. The van der Waals surface area contributed by atoms with Crippen LogP contribution in [-0.4, -0.2) is 73.1 Å². The average molecular weight is 345 g/mol. The monoisotopic (exact) mass is 344 g/mol. The average Bonchev–Trinajstić information content (AvgIpc) is 2.78. The molecule has 0 aromatic heterocycles. The van der Waals surface area contributed by atoms with Crippen LogP contribution in [0.25, 0.3) is 0 Å². The summed E-state index contributed by atoms with van der Waals surface area (Å²) in [6, 6.07) is 10.3. The third kappa shape index (κ3) is 4.15. The van der Waals surface area contributed by atoms with Crippen LogP contribution in [0.3, 0.4) is 0 Å². The van der Waals surface area contributed by atoms with Crippen LogP contribution in [0.15, 0.2) is 30.3 Å². The number of piperidine rings is 1. The Morgan fingerprint density at radius 2 is 1.76 bits per heavy atom. The summed E-state index contributed by atoms with van der Waals surface area (Å²) in [7, 11) is 4.43. The molecule has 1 atom stereocenters. The molecule has 25 heavy (non-hydrogen) atoms. The molecular formula is C20H32N4O. The third-order valence-corrected chi connectivity index (χ3v) is 6.06. The number of benzene rings is 1. The van der Waals surface area contributed by atoms with E-state index in [2.05, 4.69) is 48.3 Å². The van der Waals surface area contributed by atoms with Crippen molar-refractivity contribution < 1.29 is 4.79 Å². The minimum absolute atomic E-state index is 0.0307. The van der Waals surface area contributed by atoms with Crippen molar-refractivity contribution in [3.05, 3.63) is 35.9 Å². The van der Waals surface area contributed by atoms with Gasteiger partial charge in [-0.1, -0.05) is 30.3 Å². The molecule has 2 saturated heterocycles. The van der Waals surface area contributed by atoms with Crippen LogP contribution in [0.1, 0.15) is 37.8 Å². The first kappa shape index (κ1) is 18.2. The molecule has 0 unspecified atom stereocenters. The van der Waals surface area contributed by atoms with Gasteiger partial charge in [0.1, 0.15) is 0 Å². The standard InChI is InChI=1S/C20H32N4O/c1-17(18-8-5-4-6-9-18)21-19(25)24-13-7-12-23(3)20(16-24)10-14-22(2)15-11-20/h4-6,8-9,17H,7,10-16H2,1-3H3,(H,21,25)/t17-/m0/s1. The molecule has 0 bridgehead atoms. The normalized spacial score (nSPS) is 23.2. The van der Waals surface area contributed by atoms with Crippen LogP contribution in [0.5, 0.6) is 0 Å². The summed E-state index contributed by atoms with van der Waals surface area (Å²) < 4.78 is 0. The number of carbonyl (C=O) groups is 1. The maximum atomic E-state index is 12.9. The lowest BCUT2D eigenvalue weighted by Gasteiger charge is -2.47. The van der Waals surface area contributed by atoms with E-state index in [1.165, 1.54) is 0 Å². The van der Waals surface area contributed by atoms with E-state index in [1.54, 1.807) is 0 Å². The van der Waals surface area contributed by atoms with Crippen molar-refractivity contribution >= 4 is 6.03 Å². The number of amides is 2. The highest BCUT2D eigenvalue weighted by molar-refractivity contribution is 5.75. The van der Waals surface area contributed by atoms with Crippen molar-refractivity contribution in [2.75, 3.05) is 46.8 Å². The Morgan fingerprint density at radius 1 is 1.08 bits per heavy atom. The molecule has 5 heteroatoms. The molecule has 0 saturated carbocycles. The van der Waals surface area contributed by atoms with Crippen LogP contribution in [0.4, 0.5) is 4.79 Å². The molecule has 5 nitrogen and oxygen atoms in total. The Morgan fingerprint density at radius 3 is 2.44 bits per heavy atom. The molecule has 1 spiro atoms. The van der Waals surface area contributed by atoms with Gasteiger partial charge in [0.25, 0.3) is 0 Å². The Labute approximate surface area is 152 Å². The predicted molar refractivity (Wildman–Crippen MR) is 102 cm³/mol. The molecule has 2 aliphatic heterocycles. The minimum Gasteiger partial charge on any atom is -0.331 e. The fourth-order valence-electron chi connectivity index (χ4n) is 4.14. The van der Waals surface area contributed by atoms with Gasteiger partial charge in [-0.25, -0.2) is 4.79 Å². The molecule has 2 fully saturated rings. The Kier molecular flexibility index (Phi) is 5.64. The molecule has 2 aliphatic rings. The number of carbonyl (C=O) groups excluding carboxylic acids is 1. The van der Waals surface area contributed by atoms with E-state index in [-0.39, 0.29) is 17.6 Å². The van der Waals surface area contributed by atoms with Crippen molar-refractivity contribution in [2.24, 2.45) is 0 Å². The zero-order valence-corrected chi connectivity index (χ0v) is 15.9. The lowest BCUT2D eigenvalue weighted by atomic mass is 9.85. The van der Waals surface area contributed by atoms with E-state index < -0.39 is 0 Å². The van der Waals surface area contributed by atoms with Gasteiger partial charge in [0.05, 0.1) is 6.04 Å². The summed E-state index contributed by atoms with van der Waals surface area (Å²) in [6.45, 7) is 7.03. The van der Waals surface area contributed by atoms with Gasteiger partial charge in [0.15, 0.2) is 0 Å². The number of likely N-dealkylation sites (N-methyl/N-ethyl adjacent to an activating group) is 1. The Bertz CT molecular complexity index is 568. The smallest absolute Gasteiger partial charge is 0.317 e. The second kappa shape index (κ2) is 7.75. The number of likely N-dealkylation sites (tertiary alicyclic amines) is 1. The SMILES string of the molecule is C[C@H](NC(=O)N1CCCN(C)C2(CCN(C)CC2)C1)c1ccccc1. The maximum absolute atomic E-state index is 12.9. The summed E-state index contributed by atoms with van der Waals surface area (Å²) in [5, 5.41) is 3.20. The summed E-state index contributed by atoms with van der Waals surface area (Å²) >= 11 is 0. The topological polar surface area (TPSA) is 38.8 Å². The van der Waals surface area contributed by atoms with Gasteiger partial charge in [-0.2, -0.15) is 0 Å². The number of hydrogen-bond donors (Lipinski definition) is 1. The van der Waals surface area contributed by atoms with E-state index in [1.807, 2.05) is 23.1 Å². The number of hydrogen-bond acceptors (Lipinski definition) is 3. The van der Waals surface area contributed by atoms with Gasteiger partial charge >= 0.3 is 6.03 Å². The van der Waals surface area contributed by atoms with Crippen molar-refractivity contribution in [2.45, 2.75) is 37.8 Å². The van der Waals surface area contributed by atoms with Gasteiger partial charge in [-0.05, 0) is 58.9 Å². The first-order chi connectivity index (χ1) is 12.0. The lowest BCUT2D eigenvalue weighted by molar-refractivity contribution is 0.0410. The second-order valence-electron chi connectivity index (χ2n) is 7.81. The van der Waals surface area contributed by atoms with E-state index in [9.17, 15) is 4.79 Å². The molecule has 3 rings (SSSR count). The van der Waals surface area contributed by atoms with Gasteiger partial charge in [0.2, 0.25) is 0 Å². The maximum Gasteiger partial charge on any atom is 0.317 e. The van der Waals surface area contributed by atoms with E-state index in [0.717, 1.165) is 57.5 Å². The van der Waals surface area contributed by atoms with Gasteiger partial charge < -0.3 is 15.1 Å². The Balaban J connectivity index is 1.67. The molecule has 0 radical (unpaired) electrons. The number of rotatable bonds is 2. The minimum atomic E-state index is 0.0307. The summed E-state index contributed by atoms with van der Waals surface area (Å²) in [6.07, 6.45) is 3.32. The zero-order chi connectivity index (χ0) is 17.9. The Hall–Kier alpha value is -1.59. The van der Waals surface area contributed by atoms with Gasteiger partial charge in [-0.3, -0.25) is 4.90 Å². The van der Waals surface area contributed by atoms with Crippen molar-refractivity contribution in [1.29, 1.82) is 0 Å². The summed E-state index contributed by atoms with van der Waals surface area (Å²) in [5.74, 6) is 0. The molecule has 1 N–H and O–H groups in total. The second-order valence-corrected chi connectivity index (χ2v) is 7.81. The van der Waals surface area contributed by atoms with E-state index in [0.29, 0.717) is 0 Å². The first-order valence-electron chi connectivity index (χ1n) is 9.50. The fourth-order valence-corrected chi connectivity index (χ4v) is 4.14. The highest BCUT2D eigenvalue weighted by Crippen LogP contribution is 2.31. The van der Waals surface area contributed by atoms with Crippen LogP contribution >= 0.6 is 0 Å². The molecular weight excluding hydrogens is 312 g/mol. The van der Waals surface area contributed by atoms with Crippen LogP contribution in [0, 0.1) is 0 Å². The number of nitrogens with zero attached hydrogens (tertiary/aromatic N) is 3. The summed E-state index contributed by atoms with van der Waals surface area (Å²) in [4.78, 5) is 19.9. The van der Waals surface area contributed by atoms with Gasteiger partial charge in [0, 0.05) is 25.2 Å².